The number of carbonyl (C=O) groups is 3. The van der Waals surface area contributed by atoms with Gasteiger partial charge in [0.25, 0.3) is 0 Å². The van der Waals surface area contributed by atoms with Crippen molar-refractivity contribution in [3.8, 4) is 11.1 Å². The average Bonchev–Trinajstić information content (AvgIpc) is 3.12. The molecule has 0 fully saturated rings. The van der Waals surface area contributed by atoms with E-state index in [0.717, 1.165) is 22.3 Å². The van der Waals surface area contributed by atoms with Crippen molar-refractivity contribution in [2.75, 3.05) is 20.3 Å². The number of fused-ring (bicyclic) bond motifs is 3. The number of methoxy groups -OCH3 is 1. The summed E-state index contributed by atoms with van der Waals surface area (Å²) < 4.78 is 10.2. The Morgan fingerprint density at radius 1 is 1.00 bits per heavy atom. The Kier molecular flexibility index (Phi) is 7.28. The molecule has 0 aromatic heterocycles. The molecular formula is C24H28N2O5. The van der Waals surface area contributed by atoms with E-state index in [1.54, 1.807) is 0 Å². The fraction of sp³-hybridized carbons (Fsp3) is 0.375. The van der Waals surface area contributed by atoms with Gasteiger partial charge in [0.1, 0.15) is 19.2 Å². The van der Waals surface area contributed by atoms with Gasteiger partial charge in [-0.15, -0.1) is 0 Å². The van der Waals surface area contributed by atoms with Crippen LogP contribution in [-0.2, 0) is 19.1 Å². The highest BCUT2D eigenvalue weighted by Crippen LogP contribution is 2.44. The predicted octanol–water partition coefficient (Wildman–Crippen LogP) is 3.23. The maximum Gasteiger partial charge on any atom is 0.407 e. The molecule has 1 aliphatic rings. The van der Waals surface area contributed by atoms with Crippen LogP contribution in [0.1, 0.15) is 37.3 Å². The maximum absolute atomic E-state index is 12.2. The van der Waals surface area contributed by atoms with E-state index in [1.807, 2.05) is 50.2 Å². The van der Waals surface area contributed by atoms with Crippen LogP contribution in [-0.4, -0.2) is 44.3 Å². The van der Waals surface area contributed by atoms with Crippen LogP contribution in [0.4, 0.5) is 4.79 Å². The summed E-state index contributed by atoms with van der Waals surface area (Å²) in [6, 6.07) is 15.4. The van der Waals surface area contributed by atoms with Crippen LogP contribution in [0.3, 0.4) is 0 Å². The smallest absolute Gasteiger partial charge is 0.407 e. The van der Waals surface area contributed by atoms with Gasteiger partial charge >= 0.3 is 12.1 Å². The van der Waals surface area contributed by atoms with Crippen molar-refractivity contribution in [1.29, 1.82) is 0 Å². The van der Waals surface area contributed by atoms with Crippen LogP contribution in [0.15, 0.2) is 48.5 Å². The molecule has 0 saturated carbocycles. The number of benzene rings is 2. The highest BCUT2D eigenvalue weighted by atomic mass is 16.5. The first-order chi connectivity index (χ1) is 15.0. The van der Waals surface area contributed by atoms with E-state index >= 15 is 0 Å². The molecule has 1 aliphatic carbocycles. The van der Waals surface area contributed by atoms with Gasteiger partial charge < -0.3 is 20.1 Å². The molecule has 2 N–H and O–H groups in total. The van der Waals surface area contributed by atoms with Gasteiger partial charge in [0.15, 0.2) is 0 Å². The van der Waals surface area contributed by atoms with Crippen LogP contribution in [0.25, 0.3) is 11.1 Å². The Morgan fingerprint density at radius 2 is 1.58 bits per heavy atom. The SMILES string of the molecule is CC[C@H](C)[C@H](NC(=O)CNC(=O)OCC1c2ccccc2-c2ccccc21)C(=O)OC. The van der Waals surface area contributed by atoms with Gasteiger partial charge in [-0.1, -0.05) is 68.8 Å². The Labute approximate surface area is 182 Å². The fourth-order valence-corrected chi connectivity index (χ4v) is 3.82. The Hall–Kier alpha value is -3.35. The second-order valence-corrected chi connectivity index (χ2v) is 7.63. The first-order valence-electron chi connectivity index (χ1n) is 10.4. The Balaban J connectivity index is 1.54. The van der Waals surface area contributed by atoms with E-state index in [0.29, 0.717) is 6.42 Å². The minimum atomic E-state index is -0.758. The first kappa shape index (κ1) is 22.3. The second-order valence-electron chi connectivity index (χ2n) is 7.63. The molecule has 7 nitrogen and oxygen atoms in total. The van der Waals surface area contributed by atoms with E-state index < -0.39 is 24.0 Å². The van der Waals surface area contributed by atoms with Crippen molar-refractivity contribution in [2.45, 2.75) is 32.2 Å². The van der Waals surface area contributed by atoms with Crippen molar-refractivity contribution >= 4 is 18.0 Å². The average molecular weight is 424 g/mol. The van der Waals surface area contributed by atoms with Crippen LogP contribution in [0, 0.1) is 5.92 Å². The quantitative estimate of drug-likeness (QED) is 0.635. The first-order valence-corrected chi connectivity index (χ1v) is 10.4. The lowest BCUT2D eigenvalue weighted by Crippen LogP contribution is -2.49. The number of rotatable bonds is 8. The third-order valence-electron chi connectivity index (χ3n) is 5.72. The van der Waals surface area contributed by atoms with Crippen molar-refractivity contribution in [3.05, 3.63) is 59.7 Å². The molecule has 0 radical (unpaired) electrons. The summed E-state index contributed by atoms with van der Waals surface area (Å²) in [7, 11) is 1.28. The van der Waals surface area contributed by atoms with E-state index in [2.05, 4.69) is 22.8 Å². The molecule has 2 aromatic rings. The number of esters is 1. The number of alkyl carbamates (subject to hydrolysis) is 1. The third-order valence-corrected chi connectivity index (χ3v) is 5.72. The molecule has 2 aromatic carbocycles. The molecule has 0 bridgehead atoms. The van der Waals surface area contributed by atoms with Gasteiger partial charge in [0.2, 0.25) is 5.91 Å². The minimum Gasteiger partial charge on any atom is -0.467 e. The third kappa shape index (κ3) is 5.05. The molecule has 2 amide bonds. The number of carbonyl (C=O) groups excluding carboxylic acids is 3. The topological polar surface area (TPSA) is 93.7 Å². The summed E-state index contributed by atoms with van der Waals surface area (Å²) in [5.74, 6) is -1.14. The molecule has 31 heavy (non-hydrogen) atoms. The molecule has 3 rings (SSSR count). The van der Waals surface area contributed by atoms with E-state index in [4.69, 9.17) is 9.47 Å². The molecule has 2 atom stereocenters. The summed E-state index contributed by atoms with van der Waals surface area (Å²) in [5.41, 5.74) is 4.52. The zero-order valence-electron chi connectivity index (χ0n) is 18.0. The lowest BCUT2D eigenvalue weighted by atomic mass is 9.98. The normalized spacial score (nSPS) is 14.0. The summed E-state index contributed by atoms with van der Waals surface area (Å²) in [6.45, 7) is 3.64. The lowest BCUT2D eigenvalue weighted by Gasteiger charge is -2.21. The largest absolute Gasteiger partial charge is 0.467 e. The van der Waals surface area contributed by atoms with E-state index in [1.165, 1.54) is 7.11 Å². The Bertz CT molecular complexity index is 913. The van der Waals surface area contributed by atoms with Crippen molar-refractivity contribution in [1.82, 2.24) is 10.6 Å². The molecule has 0 heterocycles. The maximum atomic E-state index is 12.2. The van der Waals surface area contributed by atoms with E-state index in [9.17, 15) is 14.4 Å². The highest BCUT2D eigenvalue weighted by Gasteiger charge is 2.29. The van der Waals surface area contributed by atoms with Crippen LogP contribution < -0.4 is 10.6 Å². The van der Waals surface area contributed by atoms with Gasteiger partial charge in [-0.25, -0.2) is 9.59 Å². The number of ether oxygens (including phenoxy) is 2. The molecule has 0 unspecified atom stereocenters. The lowest BCUT2D eigenvalue weighted by molar-refractivity contribution is -0.146. The summed E-state index contributed by atoms with van der Waals surface area (Å²) in [5, 5.41) is 5.06. The summed E-state index contributed by atoms with van der Waals surface area (Å²) in [4.78, 5) is 36.3. The Morgan fingerprint density at radius 3 is 2.13 bits per heavy atom. The van der Waals surface area contributed by atoms with E-state index in [-0.39, 0.29) is 25.0 Å². The molecule has 7 heteroatoms. The van der Waals surface area contributed by atoms with Crippen LogP contribution in [0.5, 0.6) is 0 Å². The van der Waals surface area contributed by atoms with Crippen molar-refractivity contribution in [2.24, 2.45) is 5.92 Å². The zero-order chi connectivity index (χ0) is 22.4. The van der Waals surface area contributed by atoms with Crippen LogP contribution >= 0.6 is 0 Å². The van der Waals surface area contributed by atoms with Crippen molar-refractivity contribution < 1.29 is 23.9 Å². The highest BCUT2D eigenvalue weighted by molar-refractivity contribution is 5.87. The van der Waals surface area contributed by atoms with Gasteiger partial charge in [-0.05, 0) is 28.2 Å². The second kappa shape index (κ2) is 10.1. The molecule has 0 spiro atoms. The molecular weight excluding hydrogens is 396 g/mol. The fourth-order valence-electron chi connectivity index (χ4n) is 3.82. The predicted molar refractivity (Wildman–Crippen MR) is 116 cm³/mol. The standard InChI is InChI=1S/C24H28N2O5/c1-4-15(2)22(23(28)30-3)26-21(27)13-25-24(29)31-14-20-18-11-7-5-9-16(18)17-10-6-8-12-19(17)20/h5-12,15,20,22H,4,13-14H2,1-3H3,(H,25,29)(H,26,27)/t15-,22-/m0/s1. The van der Waals surface area contributed by atoms with Crippen LogP contribution in [0.2, 0.25) is 0 Å². The zero-order valence-corrected chi connectivity index (χ0v) is 18.0. The molecule has 164 valence electrons. The molecule has 0 aliphatic heterocycles. The monoisotopic (exact) mass is 424 g/mol. The molecule has 0 saturated heterocycles. The number of hydrogen-bond donors (Lipinski definition) is 2. The number of amides is 2. The summed E-state index contributed by atoms with van der Waals surface area (Å²) in [6.07, 6.45) is 0.00927. The van der Waals surface area contributed by atoms with Gasteiger partial charge in [0.05, 0.1) is 7.11 Å². The van der Waals surface area contributed by atoms with Gasteiger partial charge in [-0.3, -0.25) is 4.79 Å². The number of nitrogens with one attached hydrogen (secondary N) is 2. The van der Waals surface area contributed by atoms with Gasteiger partial charge in [0, 0.05) is 5.92 Å². The minimum absolute atomic E-state index is 0.0546. The van der Waals surface area contributed by atoms with Gasteiger partial charge in [-0.2, -0.15) is 0 Å². The summed E-state index contributed by atoms with van der Waals surface area (Å²) >= 11 is 0. The van der Waals surface area contributed by atoms with Crippen molar-refractivity contribution in [3.63, 3.8) is 0 Å². The number of hydrogen-bond acceptors (Lipinski definition) is 5.